The van der Waals surface area contributed by atoms with Crippen LogP contribution in [0.4, 0.5) is 5.69 Å². The molecule has 2 aromatic rings. The van der Waals surface area contributed by atoms with E-state index in [1.807, 2.05) is 55.9 Å². The molecule has 1 amide bonds. The van der Waals surface area contributed by atoms with Gasteiger partial charge < -0.3 is 10.2 Å². The minimum absolute atomic E-state index is 0.0421. The van der Waals surface area contributed by atoms with Gasteiger partial charge >= 0.3 is 0 Å². The van der Waals surface area contributed by atoms with Crippen molar-refractivity contribution in [2.45, 2.75) is 6.54 Å². The van der Waals surface area contributed by atoms with Crippen molar-refractivity contribution in [3.05, 3.63) is 52.2 Å². The summed E-state index contributed by atoms with van der Waals surface area (Å²) < 4.78 is 0. The van der Waals surface area contributed by atoms with Crippen molar-refractivity contribution >= 4 is 22.9 Å². The standard InChI is InChI=1S/C14H16N2OS/c1-15-12-6-3-5-11(9-12)14(17)16(2)10-13-7-4-8-18-13/h3-9,15H,10H2,1-2H3. The van der Waals surface area contributed by atoms with Crippen LogP contribution in [-0.4, -0.2) is 24.9 Å². The summed E-state index contributed by atoms with van der Waals surface area (Å²) >= 11 is 1.67. The van der Waals surface area contributed by atoms with Gasteiger partial charge in [-0.1, -0.05) is 12.1 Å². The van der Waals surface area contributed by atoms with E-state index in [1.54, 1.807) is 16.2 Å². The molecule has 0 aliphatic heterocycles. The summed E-state index contributed by atoms with van der Waals surface area (Å²) in [6.45, 7) is 0.653. The van der Waals surface area contributed by atoms with Gasteiger partial charge in [-0.3, -0.25) is 4.79 Å². The van der Waals surface area contributed by atoms with Crippen molar-refractivity contribution in [2.75, 3.05) is 19.4 Å². The third kappa shape index (κ3) is 2.90. The number of amides is 1. The zero-order valence-electron chi connectivity index (χ0n) is 10.5. The summed E-state index contributed by atoms with van der Waals surface area (Å²) in [6.07, 6.45) is 0. The minimum atomic E-state index is 0.0421. The number of carbonyl (C=O) groups is 1. The monoisotopic (exact) mass is 260 g/mol. The van der Waals surface area contributed by atoms with Gasteiger partial charge in [-0.15, -0.1) is 11.3 Å². The van der Waals surface area contributed by atoms with Crippen LogP contribution in [0.15, 0.2) is 41.8 Å². The molecule has 0 atom stereocenters. The number of nitrogens with zero attached hydrogens (tertiary/aromatic N) is 1. The Balaban J connectivity index is 2.10. The lowest BCUT2D eigenvalue weighted by atomic mass is 10.2. The maximum Gasteiger partial charge on any atom is 0.253 e. The molecule has 0 aliphatic rings. The van der Waals surface area contributed by atoms with Crippen LogP contribution < -0.4 is 5.32 Å². The van der Waals surface area contributed by atoms with E-state index in [0.717, 1.165) is 5.69 Å². The summed E-state index contributed by atoms with van der Waals surface area (Å²) in [5, 5.41) is 5.06. The summed E-state index contributed by atoms with van der Waals surface area (Å²) in [6, 6.07) is 11.6. The van der Waals surface area contributed by atoms with Gasteiger partial charge in [0.1, 0.15) is 0 Å². The predicted molar refractivity (Wildman–Crippen MR) is 76.1 cm³/mol. The molecule has 2 rings (SSSR count). The molecule has 0 bridgehead atoms. The van der Waals surface area contributed by atoms with Crippen molar-refractivity contribution < 1.29 is 4.79 Å². The summed E-state index contributed by atoms with van der Waals surface area (Å²) in [5.41, 5.74) is 1.66. The number of anilines is 1. The van der Waals surface area contributed by atoms with Crippen molar-refractivity contribution in [2.24, 2.45) is 0 Å². The molecule has 1 aromatic heterocycles. The van der Waals surface area contributed by atoms with E-state index in [1.165, 1.54) is 4.88 Å². The highest BCUT2D eigenvalue weighted by molar-refractivity contribution is 7.09. The fourth-order valence-electron chi connectivity index (χ4n) is 1.74. The normalized spacial score (nSPS) is 10.1. The molecule has 18 heavy (non-hydrogen) atoms. The maximum atomic E-state index is 12.2. The molecule has 0 spiro atoms. The van der Waals surface area contributed by atoms with Crippen LogP contribution in [-0.2, 0) is 6.54 Å². The van der Waals surface area contributed by atoms with Crippen LogP contribution in [0.1, 0.15) is 15.2 Å². The molecule has 4 heteroatoms. The molecular formula is C14H16N2OS. The Hall–Kier alpha value is -1.81. The third-order valence-electron chi connectivity index (χ3n) is 2.72. The summed E-state index contributed by atoms with van der Waals surface area (Å²) in [5.74, 6) is 0.0421. The second-order valence-corrected chi connectivity index (χ2v) is 5.10. The highest BCUT2D eigenvalue weighted by Crippen LogP contribution is 2.15. The second kappa shape index (κ2) is 5.69. The lowest BCUT2D eigenvalue weighted by Crippen LogP contribution is -2.25. The van der Waals surface area contributed by atoms with Crippen molar-refractivity contribution in [1.29, 1.82) is 0 Å². The number of hydrogen-bond acceptors (Lipinski definition) is 3. The van der Waals surface area contributed by atoms with Crippen molar-refractivity contribution in [1.82, 2.24) is 4.90 Å². The molecule has 0 unspecified atom stereocenters. The third-order valence-corrected chi connectivity index (χ3v) is 3.58. The number of carbonyl (C=O) groups excluding carboxylic acids is 1. The first-order valence-electron chi connectivity index (χ1n) is 5.76. The zero-order valence-corrected chi connectivity index (χ0v) is 11.3. The quantitative estimate of drug-likeness (QED) is 0.916. The van der Waals surface area contributed by atoms with Crippen LogP contribution in [0, 0.1) is 0 Å². The Morgan fingerprint density at radius 3 is 2.83 bits per heavy atom. The molecule has 1 heterocycles. The Bertz CT molecular complexity index is 522. The van der Waals surface area contributed by atoms with Crippen LogP contribution in [0.5, 0.6) is 0 Å². The first-order chi connectivity index (χ1) is 8.70. The molecule has 0 saturated carbocycles. The van der Waals surface area contributed by atoms with Crippen LogP contribution in [0.2, 0.25) is 0 Å². The zero-order chi connectivity index (χ0) is 13.0. The van der Waals surface area contributed by atoms with E-state index in [0.29, 0.717) is 12.1 Å². The maximum absolute atomic E-state index is 12.2. The first-order valence-corrected chi connectivity index (χ1v) is 6.64. The lowest BCUT2D eigenvalue weighted by Gasteiger charge is -2.16. The molecule has 0 fully saturated rings. The largest absolute Gasteiger partial charge is 0.388 e. The Kier molecular flexibility index (Phi) is 3.99. The lowest BCUT2D eigenvalue weighted by molar-refractivity contribution is 0.0786. The smallest absolute Gasteiger partial charge is 0.253 e. The molecule has 0 radical (unpaired) electrons. The van der Waals surface area contributed by atoms with E-state index in [2.05, 4.69) is 5.32 Å². The molecule has 1 aromatic carbocycles. The van der Waals surface area contributed by atoms with Gasteiger partial charge in [-0.2, -0.15) is 0 Å². The van der Waals surface area contributed by atoms with Crippen LogP contribution in [0.25, 0.3) is 0 Å². The number of benzene rings is 1. The summed E-state index contributed by atoms with van der Waals surface area (Å²) in [7, 11) is 3.67. The van der Waals surface area contributed by atoms with E-state index in [9.17, 15) is 4.79 Å². The Labute approximate surface area is 111 Å². The van der Waals surface area contributed by atoms with Crippen LogP contribution in [0.3, 0.4) is 0 Å². The van der Waals surface area contributed by atoms with E-state index < -0.39 is 0 Å². The molecule has 1 N–H and O–H groups in total. The van der Waals surface area contributed by atoms with Gasteiger partial charge in [-0.25, -0.2) is 0 Å². The minimum Gasteiger partial charge on any atom is -0.388 e. The fourth-order valence-corrected chi connectivity index (χ4v) is 2.49. The number of rotatable bonds is 4. The number of thiophene rings is 1. The van der Waals surface area contributed by atoms with E-state index in [4.69, 9.17) is 0 Å². The second-order valence-electron chi connectivity index (χ2n) is 4.07. The average Bonchev–Trinajstić information content (AvgIpc) is 2.90. The topological polar surface area (TPSA) is 32.3 Å². The van der Waals surface area contributed by atoms with Crippen molar-refractivity contribution in [3.63, 3.8) is 0 Å². The molecule has 0 saturated heterocycles. The molecule has 0 aliphatic carbocycles. The molecule has 94 valence electrons. The number of hydrogen-bond donors (Lipinski definition) is 1. The first kappa shape index (κ1) is 12.6. The fraction of sp³-hybridized carbons (Fsp3) is 0.214. The average molecular weight is 260 g/mol. The highest BCUT2D eigenvalue weighted by atomic mass is 32.1. The van der Waals surface area contributed by atoms with E-state index in [-0.39, 0.29) is 5.91 Å². The molecular weight excluding hydrogens is 244 g/mol. The Morgan fingerprint density at radius 2 is 2.17 bits per heavy atom. The Morgan fingerprint density at radius 1 is 1.33 bits per heavy atom. The van der Waals surface area contributed by atoms with Crippen LogP contribution >= 0.6 is 11.3 Å². The predicted octanol–water partition coefficient (Wildman–Crippen LogP) is 3.06. The SMILES string of the molecule is CNc1cccc(C(=O)N(C)Cc2cccs2)c1. The molecule has 3 nitrogen and oxygen atoms in total. The van der Waals surface area contributed by atoms with Crippen molar-refractivity contribution in [3.8, 4) is 0 Å². The van der Waals surface area contributed by atoms with Gasteiger partial charge in [0.15, 0.2) is 0 Å². The van der Waals surface area contributed by atoms with Gasteiger partial charge in [0, 0.05) is 30.2 Å². The summed E-state index contributed by atoms with van der Waals surface area (Å²) in [4.78, 5) is 15.2. The highest BCUT2D eigenvalue weighted by Gasteiger charge is 2.12. The van der Waals surface area contributed by atoms with Gasteiger partial charge in [0.2, 0.25) is 0 Å². The van der Waals surface area contributed by atoms with Gasteiger partial charge in [-0.05, 0) is 29.6 Å². The number of nitrogens with one attached hydrogen (secondary N) is 1. The van der Waals surface area contributed by atoms with Gasteiger partial charge in [0.05, 0.1) is 6.54 Å². The van der Waals surface area contributed by atoms with Gasteiger partial charge in [0.25, 0.3) is 5.91 Å². The van der Waals surface area contributed by atoms with E-state index >= 15 is 0 Å².